The van der Waals surface area contributed by atoms with Gasteiger partial charge in [0.2, 0.25) is 5.92 Å². The van der Waals surface area contributed by atoms with Crippen LogP contribution in [0.3, 0.4) is 0 Å². The fourth-order valence-electron chi connectivity index (χ4n) is 2.33. The van der Waals surface area contributed by atoms with Crippen molar-refractivity contribution in [2.75, 3.05) is 6.61 Å². The van der Waals surface area contributed by atoms with Crippen molar-refractivity contribution in [2.24, 2.45) is 5.92 Å². The van der Waals surface area contributed by atoms with Crippen LogP contribution < -0.4 is 0 Å². The first-order valence-electron chi connectivity index (χ1n) is 6.40. The third-order valence-corrected chi connectivity index (χ3v) is 3.24. The highest BCUT2D eigenvalue weighted by molar-refractivity contribution is 4.78. The van der Waals surface area contributed by atoms with Crippen molar-refractivity contribution in [2.45, 2.75) is 70.5 Å². The van der Waals surface area contributed by atoms with Crippen molar-refractivity contribution in [3.63, 3.8) is 0 Å². The Morgan fingerprint density at radius 3 is 2.35 bits per heavy atom. The summed E-state index contributed by atoms with van der Waals surface area (Å²) in [6, 6.07) is 0. The second kappa shape index (κ2) is 5.61. The summed E-state index contributed by atoms with van der Waals surface area (Å²) in [5, 5.41) is 9.61. The zero-order chi connectivity index (χ0) is 13.1. The van der Waals surface area contributed by atoms with Gasteiger partial charge in [0, 0.05) is 25.9 Å². The molecule has 17 heavy (non-hydrogen) atoms. The SMILES string of the molecule is CC(CC(C)(C)O)OCC1CCC(F)(F)CC1. The molecule has 0 saturated heterocycles. The number of aliphatic hydroxyl groups is 1. The van der Waals surface area contributed by atoms with E-state index in [-0.39, 0.29) is 24.9 Å². The molecule has 1 aliphatic rings. The largest absolute Gasteiger partial charge is 0.390 e. The number of hydrogen-bond acceptors (Lipinski definition) is 2. The molecule has 1 atom stereocenters. The molecular weight excluding hydrogens is 226 g/mol. The number of ether oxygens (including phenoxy) is 1. The van der Waals surface area contributed by atoms with Crippen molar-refractivity contribution < 1.29 is 18.6 Å². The first-order chi connectivity index (χ1) is 7.68. The molecule has 1 aliphatic carbocycles. The van der Waals surface area contributed by atoms with Crippen LogP contribution in [-0.4, -0.2) is 29.3 Å². The Kier molecular flexibility index (Phi) is 4.90. The summed E-state index contributed by atoms with van der Waals surface area (Å²) in [5.41, 5.74) is -0.737. The minimum atomic E-state index is -2.46. The monoisotopic (exact) mass is 250 g/mol. The van der Waals surface area contributed by atoms with Gasteiger partial charge in [0.05, 0.1) is 11.7 Å². The molecule has 0 spiro atoms. The highest BCUT2D eigenvalue weighted by Gasteiger charge is 2.35. The van der Waals surface area contributed by atoms with Gasteiger partial charge in [-0.05, 0) is 39.5 Å². The Morgan fingerprint density at radius 2 is 1.88 bits per heavy atom. The normalized spacial score (nSPS) is 23.6. The Bertz CT molecular complexity index is 226. The van der Waals surface area contributed by atoms with Gasteiger partial charge in [0.15, 0.2) is 0 Å². The molecule has 0 amide bonds. The van der Waals surface area contributed by atoms with Crippen LogP contribution in [0.2, 0.25) is 0 Å². The summed E-state index contributed by atoms with van der Waals surface area (Å²) >= 11 is 0. The lowest BCUT2D eigenvalue weighted by Crippen LogP contribution is -2.30. The lowest BCUT2D eigenvalue weighted by Gasteiger charge is -2.29. The molecule has 0 radical (unpaired) electrons. The first kappa shape index (κ1) is 14.8. The maximum atomic E-state index is 12.9. The van der Waals surface area contributed by atoms with Crippen LogP contribution in [0.25, 0.3) is 0 Å². The van der Waals surface area contributed by atoms with Crippen molar-refractivity contribution in [3.05, 3.63) is 0 Å². The van der Waals surface area contributed by atoms with Gasteiger partial charge in [0.25, 0.3) is 0 Å². The molecule has 2 nitrogen and oxygen atoms in total. The summed E-state index contributed by atoms with van der Waals surface area (Å²) in [6.45, 7) is 5.94. The van der Waals surface area contributed by atoms with E-state index < -0.39 is 11.5 Å². The van der Waals surface area contributed by atoms with E-state index in [1.807, 2.05) is 6.92 Å². The summed E-state index contributed by atoms with van der Waals surface area (Å²) in [4.78, 5) is 0. The summed E-state index contributed by atoms with van der Waals surface area (Å²) in [5.74, 6) is -2.21. The topological polar surface area (TPSA) is 29.5 Å². The quantitative estimate of drug-likeness (QED) is 0.810. The average molecular weight is 250 g/mol. The van der Waals surface area contributed by atoms with Crippen LogP contribution in [0, 0.1) is 5.92 Å². The second-order valence-corrected chi connectivity index (χ2v) is 5.96. The molecule has 0 aliphatic heterocycles. The maximum absolute atomic E-state index is 12.9. The van der Waals surface area contributed by atoms with Gasteiger partial charge in [-0.2, -0.15) is 0 Å². The van der Waals surface area contributed by atoms with Crippen LogP contribution in [-0.2, 0) is 4.74 Å². The molecule has 1 fully saturated rings. The van der Waals surface area contributed by atoms with Crippen molar-refractivity contribution in [1.82, 2.24) is 0 Å². The summed E-state index contributed by atoms with van der Waals surface area (Å²) in [7, 11) is 0. The van der Waals surface area contributed by atoms with E-state index in [4.69, 9.17) is 4.74 Å². The standard InChI is InChI=1S/C13H24F2O2/c1-10(8-12(2,3)16)17-9-11-4-6-13(14,15)7-5-11/h10-11,16H,4-9H2,1-3H3. The molecule has 0 heterocycles. The Hall–Kier alpha value is -0.220. The van der Waals surface area contributed by atoms with E-state index in [0.717, 1.165) is 0 Å². The molecule has 4 heteroatoms. The number of rotatable bonds is 5. The van der Waals surface area contributed by atoms with Gasteiger partial charge in [-0.1, -0.05) is 0 Å². The summed E-state index contributed by atoms with van der Waals surface area (Å²) in [6.07, 6.45) is 1.60. The maximum Gasteiger partial charge on any atom is 0.248 e. The highest BCUT2D eigenvalue weighted by atomic mass is 19.3. The molecule has 0 aromatic heterocycles. The van der Waals surface area contributed by atoms with Crippen molar-refractivity contribution in [3.8, 4) is 0 Å². The molecular formula is C13H24F2O2. The molecule has 0 aromatic rings. The third kappa shape index (κ3) is 6.32. The Balaban J connectivity index is 2.19. The third-order valence-electron chi connectivity index (χ3n) is 3.24. The Morgan fingerprint density at radius 1 is 1.35 bits per heavy atom. The Labute approximate surface area is 102 Å². The fraction of sp³-hybridized carbons (Fsp3) is 1.00. The van der Waals surface area contributed by atoms with Crippen LogP contribution in [0.1, 0.15) is 52.9 Å². The van der Waals surface area contributed by atoms with Gasteiger partial charge in [-0.3, -0.25) is 0 Å². The summed E-state index contributed by atoms with van der Waals surface area (Å²) < 4.78 is 31.5. The smallest absolute Gasteiger partial charge is 0.248 e. The zero-order valence-corrected chi connectivity index (χ0v) is 11.0. The van der Waals surface area contributed by atoms with Crippen LogP contribution in [0.4, 0.5) is 8.78 Å². The lowest BCUT2D eigenvalue weighted by molar-refractivity contribution is -0.0683. The molecule has 1 N–H and O–H groups in total. The fourth-order valence-corrected chi connectivity index (χ4v) is 2.33. The van der Waals surface area contributed by atoms with Crippen molar-refractivity contribution >= 4 is 0 Å². The van der Waals surface area contributed by atoms with Gasteiger partial charge >= 0.3 is 0 Å². The number of alkyl halides is 2. The van der Waals surface area contributed by atoms with Crippen LogP contribution >= 0.6 is 0 Å². The van der Waals surface area contributed by atoms with Crippen molar-refractivity contribution in [1.29, 1.82) is 0 Å². The van der Waals surface area contributed by atoms with Crippen LogP contribution in [0.5, 0.6) is 0 Å². The van der Waals surface area contributed by atoms with Crippen LogP contribution in [0.15, 0.2) is 0 Å². The predicted octanol–water partition coefficient (Wildman–Crippen LogP) is 3.38. The molecule has 1 saturated carbocycles. The predicted molar refractivity (Wildman–Crippen MR) is 63.2 cm³/mol. The van der Waals surface area contributed by atoms with E-state index >= 15 is 0 Å². The highest BCUT2D eigenvalue weighted by Crippen LogP contribution is 2.36. The van der Waals surface area contributed by atoms with Gasteiger partial charge in [-0.15, -0.1) is 0 Å². The number of halogens is 2. The molecule has 1 rings (SSSR count). The van der Waals surface area contributed by atoms with Gasteiger partial charge in [-0.25, -0.2) is 8.78 Å². The molecule has 102 valence electrons. The van der Waals surface area contributed by atoms with E-state index in [1.54, 1.807) is 13.8 Å². The lowest BCUT2D eigenvalue weighted by atomic mass is 9.87. The van der Waals surface area contributed by atoms with Gasteiger partial charge < -0.3 is 9.84 Å². The van der Waals surface area contributed by atoms with E-state index in [0.29, 0.717) is 25.9 Å². The first-order valence-corrected chi connectivity index (χ1v) is 6.40. The average Bonchev–Trinajstić information content (AvgIpc) is 2.13. The number of hydrogen-bond donors (Lipinski definition) is 1. The van der Waals surface area contributed by atoms with Gasteiger partial charge in [0.1, 0.15) is 0 Å². The minimum Gasteiger partial charge on any atom is -0.390 e. The minimum absolute atomic E-state index is 0.0130. The van der Waals surface area contributed by atoms with E-state index in [9.17, 15) is 13.9 Å². The van der Waals surface area contributed by atoms with E-state index in [2.05, 4.69) is 0 Å². The zero-order valence-electron chi connectivity index (χ0n) is 11.0. The second-order valence-electron chi connectivity index (χ2n) is 5.96. The molecule has 0 aromatic carbocycles. The van der Waals surface area contributed by atoms with E-state index in [1.165, 1.54) is 0 Å². The molecule has 1 unspecified atom stereocenters. The molecule has 0 bridgehead atoms.